The van der Waals surface area contributed by atoms with Gasteiger partial charge in [-0.15, -0.1) is 11.3 Å². The van der Waals surface area contributed by atoms with E-state index in [1.54, 1.807) is 11.3 Å². The molecule has 1 aromatic heterocycles. The molecule has 2 rings (SSSR count). The lowest BCUT2D eigenvalue weighted by molar-refractivity contribution is 0.0921. The third-order valence-corrected chi connectivity index (χ3v) is 4.52. The summed E-state index contributed by atoms with van der Waals surface area (Å²) in [4.78, 5) is 14.5. The Morgan fingerprint density at radius 1 is 1.41 bits per heavy atom. The summed E-state index contributed by atoms with van der Waals surface area (Å²) in [6, 6.07) is 2.38. The van der Waals surface area contributed by atoms with Crippen LogP contribution in [0.3, 0.4) is 0 Å². The lowest BCUT2D eigenvalue weighted by atomic mass is 9.87. The molecule has 3 heteroatoms. The van der Waals surface area contributed by atoms with Gasteiger partial charge in [0.15, 0.2) is 0 Å². The van der Waals surface area contributed by atoms with E-state index in [-0.39, 0.29) is 5.91 Å². The second kappa shape index (κ2) is 5.21. The van der Waals surface area contributed by atoms with E-state index in [0.717, 1.165) is 29.2 Å². The van der Waals surface area contributed by atoms with Crippen molar-refractivity contribution in [3.63, 3.8) is 0 Å². The Morgan fingerprint density at radius 3 is 2.76 bits per heavy atom. The summed E-state index contributed by atoms with van der Waals surface area (Å²) in [5.41, 5.74) is 0.866. The number of hydrogen-bond acceptors (Lipinski definition) is 2. The van der Waals surface area contributed by atoms with E-state index in [4.69, 9.17) is 0 Å². The second-order valence-electron chi connectivity index (χ2n) is 5.27. The summed E-state index contributed by atoms with van der Waals surface area (Å²) in [6.07, 6.45) is 4.82. The quantitative estimate of drug-likeness (QED) is 0.853. The molecule has 1 heterocycles. The van der Waals surface area contributed by atoms with Crippen LogP contribution in [0.25, 0.3) is 0 Å². The van der Waals surface area contributed by atoms with Crippen LogP contribution in [-0.4, -0.2) is 11.9 Å². The molecule has 2 atom stereocenters. The van der Waals surface area contributed by atoms with Crippen molar-refractivity contribution in [3.05, 3.63) is 21.4 Å². The number of rotatable bonds is 2. The molecular formula is C14H21NOS. The van der Waals surface area contributed by atoms with E-state index >= 15 is 0 Å². The molecule has 1 aliphatic carbocycles. The van der Waals surface area contributed by atoms with Crippen LogP contribution in [0.15, 0.2) is 6.07 Å². The third kappa shape index (κ3) is 3.09. The van der Waals surface area contributed by atoms with Crippen molar-refractivity contribution < 1.29 is 4.79 Å². The van der Waals surface area contributed by atoms with Gasteiger partial charge in [0.1, 0.15) is 0 Å². The molecule has 1 amide bonds. The maximum Gasteiger partial charge on any atom is 0.252 e. The Kier molecular flexibility index (Phi) is 3.87. The molecule has 1 fully saturated rings. The fraction of sp³-hybridized carbons (Fsp3) is 0.643. The van der Waals surface area contributed by atoms with Crippen LogP contribution in [0.2, 0.25) is 0 Å². The van der Waals surface area contributed by atoms with Gasteiger partial charge in [-0.25, -0.2) is 0 Å². The van der Waals surface area contributed by atoms with Gasteiger partial charge >= 0.3 is 0 Å². The molecule has 1 saturated carbocycles. The van der Waals surface area contributed by atoms with E-state index in [0.29, 0.717) is 6.04 Å². The molecule has 1 N–H and O–H groups in total. The van der Waals surface area contributed by atoms with Crippen LogP contribution in [0, 0.1) is 19.8 Å². The van der Waals surface area contributed by atoms with Gasteiger partial charge in [-0.2, -0.15) is 0 Å². The van der Waals surface area contributed by atoms with Crippen LogP contribution in [0.5, 0.6) is 0 Å². The van der Waals surface area contributed by atoms with Crippen LogP contribution in [0.1, 0.15) is 52.7 Å². The molecule has 0 aliphatic heterocycles. The van der Waals surface area contributed by atoms with Gasteiger partial charge in [0, 0.05) is 15.8 Å². The normalized spacial score (nSPS) is 24.6. The maximum absolute atomic E-state index is 12.1. The Balaban J connectivity index is 1.99. The Hall–Kier alpha value is -0.830. The highest BCUT2D eigenvalue weighted by molar-refractivity contribution is 7.12. The minimum absolute atomic E-state index is 0.117. The lowest BCUT2D eigenvalue weighted by Gasteiger charge is -2.27. The highest BCUT2D eigenvalue weighted by atomic mass is 32.1. The van der Waals surface area contributed by atoms with Crippen molar-refractivity contribution in [2.45, 2.75) is 52.5 Å². The van der Waals surface area contributed by atoms with E-state index < -0.39 is 0 Å². The first-order valence-electron chi connectivity index (χ1n) is 6.44. The van der Waals surface area contributed by atoms with E-state index in [1.165, 1.54) is 17.7 Å². The van der Waals surface area contributed by atoms with Gasteiger partial charge in [0.2, 0.25) is 0 Å². The zero-order chi connectivity index (χ0) is 12.4. The SMILES string of the molecule is Cc1cc(C(=O)NC2CCCC(C)C2)c(C)s1. The zero-order valence-corrected chi connectivity index (χ0v) is 11.7. The standard InChI is InChI=1S/C14H21NOS/c1-9-5-4-6-12(7-9)15-14(16)13-8-10(2)17-11(13)3/h8-9,12H,4-7H2,1-3H3,(H,15,16). The van der Waals surface area contributed by atoms with Crippen molar-refractivity contribution in [1.29, 1.82) is 0 Å². The van der Waals surface area contributed by atoms with Crippen LogP contribution in [-0.2, 0) is 0 Å². The van der Waals surface area contributed by atoms with Crippen molar-refractivity contribution in [3.8, 4) is 0 Å². The first-order valence-corrected chi connectivity index (χ1v) is 7.26. The van der Waals surface area contributed by atoms with Crippen LogP contribution >= 0.6 is 11.3 Å². The van der Waals surface area contributed by atoms with Crippen molar-refractivity contribution >= 4 is 17.2 Å². The van der Waals surface area contributed by atoms with Gasteiger partial charge in [0.05, 0.1) is 5.56 Å². The van der Waals surface area contributed by atoms with E-state index in [1.807, 2.05) is 13.0 Å². The number of aryl methyl sites for hydroxylation is 2. The van der Waals surface area contributed by atoms with Crippen molar-refractivity contribution in [1.82, 2.24) is 5.32 Å². The molecule has 94 valence electrons. The molecule has 0 aromatic carbocycles. The maximum atomic E-state index is 12.1. The van der Waals surface area contributed by atoms with Gasteiger partial charge in [-0.1, -0.05) is 19.8 Å². The summed E-state index contributed by atoms with van der Waals surface area (Å²) in [5, 5.41) is 3.19. The molecule has 1 aliphatic rings. The van der Waals surface area contributed by atoms with Crippen LogP contribution < -0.4 is 5.32 Å². The lowest BCUT2D eigenvalue weighted by Crippen LogP contribution is -2.38. The molecule has 1 aromatic rings. The predicted octanol–water partition coefficient (Wildman–Crippen LogP) is 3.67. The van der Waals surface area contributed by atoms with Crippen molar-refractivity contribution in [2.75, 3.05) is 0 Å². The largest absolute Gasteiger partial charge is 0.349 e. The monoisotopic (exact) mass is 251 g/mol. The molecule has 0 saturated heterocycles. The Morgan fingerprint density at radius 2 is 2.18 bits per heavy atom. The number of hydrogen-bond donors (Lipinski definition) is 1. The topological polar surface area (TPSA) is 29.1 Å². The summed E-state index contributed by atoms with van der Waals surface area (Å²) < 4.78 is 0. The molecule has 0 radical (unpaired) electrons. The average Bonchev–Trinajstić information content (AvgIpc) is 2.58. The average molecular weight is 251 g/mol. The van der Waals surface area contributed by atoms with E-state index in [2.05, 4.69) is 19.2 Å². The Bertz CT molecular complexity index is 410. The number of carbonyl (C=O) groups is 1. The Labute approximate surface area is 107 Å². The third-order valence-electron chi connectivity index (χ3n) is 3.56. The molecule has 2 unspecified atom stereocenters. The number of thiophene rings is 1. The fourth-order valence-corrected chi connectivity index (χ4v) is 3.61. The minimum atomic E-state index is 0.117. The van der Waals surface area contributed by atoms with E-state index in [9.17, 15) is 4.79 Å². The predicted molar refractivity (Wildman–Crippen MR) is 72.7 cm³/mol. The first-order chi connectivity index (χ1) is 8.06. The fourth-order valence-electron chi connectivity index (χ4n) is 2.68. The second-order valence-corrected chi connectivity index (χ2v) is 6.73. The molecule has 0 spiro atoms. The first kappa shape index (κ1) is 12.6. The zero-order valence-electron chi connectivity index (χ0n) is 10.9. The van der Waals surface area contributed by atoms with Gasteiger partial charge in [-0.3, -0.25) is 4.79 Å². The summed E-state index contributed by atoms with van der Waals surface area (Å²) in [7, 11) is 0. The highest BCUT2D eigenvalue weighted by Crippen LogP contribution is 2.25. The highest BCUT2D eigenvalue weighted by Gasteiger charge is 2.21. The van der Waals surface area contributed by atoms with Crippen molar-refractivity contribution in [2.24, 2.45) is 5.92 Å². The smallest absolute Gasteiger partial charge is 0.252 e. The van der Waals surface area contributed by atoms with Gasteiger partial charge in [0.25, 0.3) is 5.91 Å². The number of nitrogens with one attached hydrogen (secondary N) is 1. The minimum Gasteiger partial charge on any atom is -0.349 e. The van der Waals surface area contributed by atoms with Gasteiger partial charge in [-0.05, 0) is 38.7 Å². The summed E-state index contributed by atoms with van der Waals surface area (Å²) in [5.74, 6) is 0.866. The summed E-state index contributed by atoms with van der Waals surface area (Å²) in [6.45, 7) is 6.35. The molecule has 17 heavy (non-hydrogen) atoms. The molecular weight excluding hydrogens is 230 g/mol. The van der Waals surface area contributed by atoms with Gasteiger partial charge < -0.3 is 5.32 Å². The number of carbonyl (C=O) groups excluding carboxylic acids is 1. The molecule has 0 bridgehead atoms. The summed E-state index contributed by atoms with van der Waals surface area (Å²) >= 11 is 1.70. The van der Waals surface area contributed by atoms with Crippen LogP contribution in [0.4, 0.5) is 0 Å². The molecule has 2 nitrogen and oxygen atoms in total. The number of amides is 1.